The summed E-state index contributed by atoms with van der Waals surface area (Å²) in [6, 6.07) is 16.3. The molecule has 0 radical (unpaired) electrons. The van der Waals surface area contributed by atoms with E-state index in [0.29, 0.717) is 0 Å². The van der Waals surface area contributed by atoms with Gasteiger partial charge in [0.2, 0.25) is 23.6 Å². The first kappa shape index (κ1) is 40.0. The quantitative estimate of drug-likeness (QED) is 0.157. The van der Waals surface area contributed by atoms with E-state index in [1.165, 1.54) is 7.05 Å². The van der Waals surface area contributed by atoms with Gasteiger partial charge in [-0.2, -0.15) is 0 Å². The van der Waals surface area contributed by atoms with Crippen molar-refractivity contribution >= 4 is 35.8 Å². The molecule has 0 saturated heterocycles. The summed E-state index contributed by atoms with van der Waals surface area (Å²) in [5.74, 6) is -2.08. The van der Waals surface area contributed by atoms with E-state index in [2.05, 4.69) is 26.6 Å². The maximum absolute atomic E-state index is 13.4. The van der Waals surface area contributed by atoms with Crippen molar-refractivity contribution in [3.8, 4) is 0 Å². The largest absolute Gasteiger partial charge is 0.445 e. The molecule has 2 aromatic carbocycles. The van der Waals surface area contributed by atoms with Crippen molar-refractivity contribution in [3.63, 3.8) is 0 Å². The summed E-state index contributed by atoms with van der Waals surface area (Å²) >= 11 is 0. The summed E-state index contributed by atoms with van der Waals surface area (Å²) in [5, 5.41) is 13.1. The summed E-state index contributed by atoms with van der Waals surface area (Å²) in [5.41, 5.74) is 0.838. The van der Waals surface area contributed by atoms with Crippen molar-refractivity contribution < 1.29 is 38.2 Å². The molecule has 268 valence electrons. The number of carbonyl (C=O) groups is 6. The van der Waals surface area contributed by atoms with Gasteiger partial charge in [-0.3, -0.25) is 19.2 Å². The zero-order valence-electron chi connectivity index (χ0n) is 29.2. The molecule has 0 aliphatic carbocycles. The zero-order chi connectivity index (χ0) is 36.4. The Morgan fingerprint density at radius 1 is 0.735 bits per heavy atom. The lowest BCUT2D eigenvalue weighted by molar-refractivity contribution is -0.131. The van der Waals surface area contributed by atoms with Crippen molar-refractivity contribution in [2.24, 2.45) is 5.92 Å². The van der Waals surface area contributed by atoms with Crippen molar-refractivity contribution in [3.05, 3.63) is 71.8 Å². The van der Waals surface area contributed by atoms with Crippen LogP contribution in [0.4, 0.5) is 9.59 Å². The number of benzene rings is 2. The van der Waals surface area contributed by atoms with Crippen LogP contribution in [0.3, 0.4) is 0 Å². The molecule has 0 aliphatic heterocycles. The first-order valence-electron chi connectivity index (χ1n) is 16.2. The van der Waals surface area contributed by atoms with Gasteiger partial charge in [-0.15, -0.1) is 0 Å². The minimum Gasteiger partial charge on any atom is -0.445 e. The molecule has 0 heterocycles. The summed E-state index contributed by atoms with van der Waals surface area (Å²) in [4.78, 5) is 77.0. The Morgan fingerprint density at radius 3 is 1.88 bits per heavy atom. The average Bonchev–Trinajstić information content (AvgIpc) is 3.03. The maximum atomic E-state index is 13.4. The van der Waals surface area contributed by atoms with Crippen LogP contribution in [0.2, 0.25) is 0 Å². The van der Waals surface area contributed by atoms with Crippen LogP contribution in [0, 0.1) is 5.92 Å². The monoisotopic (exact) mass is 682 g/mol. The van der Waals surface area contributed by atoms with E-state index < -0.39 is 53.5 Å². The van der Waals surface area contributed by atoms with Crippen molar-refractivity contribution in [2.75, 3.05) is 33.2 Å². The van der Waals surface area contributed by atoms with E-state index in [1.807, 2.05) is 74.5 Å². The van der Waals surface area contributed by atoms with Crippen LogP contribution >= 0.6 is 0 Å². The Balaban J connectivity index is 1.82. The molecule has 14 heteroatoms. The van der Waals surface area contributed by atoms with Gasteiger partial charge in [0.05, 0.1) is 6.54 Å². The summed E-state index contributed by atoms with van der Waals surface area (Å²) in [7, 11) is 1.44. The number of alkyl carbamates (subject to hydrolysis) is 1. The van der Waals surface area contributed by atoms with Crippen LogP contribution in [-0.4, -0.2) is 91.6 Å². The molecule has 0 spiro atoms. The molecule has 14 nitrogen and oxygen atoms in total. The molecule has 0 bridgehead atoms. The highest BCUT2D eigenvalue weighted by Crippen LogP contribution is 2.11. The molecule has 5 N–H and O–H groups in total. The third-order valence-electron chi connectivity index (χ3n) is 6.72. The molecule has 2 aromatic rings. The van der Waals surface area contributed by atoms with Gasteiger partial charge >= 0.3 is 12.2 Å². The topological polar surface area (TPSA) is 184 Å². The van der Waals surface area contributed by atoms with Crippen LogP contribution in [0.25, 0.3) is 0 Å². The molecule has 0 aliphatic rings. The first-order chi connectivity index (χ1) is 23.1. The molecule has 2 unspecified atom stereocenters. The zero-order valence-corrected chi connectivity index (χ0v) is 29.2. The molecule has 2 rings (SSSR count). The predicted octanol–water partition coefficient (Wildman–Crippen LogP) is 2.27. The van der Waals surface area contributed by atoms with Gasteiger partial charge in [0.1, 0.15) is 30.8 Å². The van der Waals surface area contributed by atoms with Crippen LogP contribution in [0.15, 0.2) is 60.7 Å². The second kappa shape index (κ2) is 20.3. The van der Waals surface area contributed by atoms with Crippen LogP contribution in [-0.2, 0) is 41.7 Å². The standard InChI is InChI=1S/C35H50N6O8/c1-24(2)19-27(39-32(45)28(20-25-13-9-7-10-14-25)40-33(46)49-35(3,4)5)31(44)38-21-29(42)36-17-18-37-30(43)22-41(6)34(47)48-23-26-15-11-8-12-16-26/h7-16,24,27-28H,17-23H2,1-6H3,(H,36,42)(H,37,43)(H,38,44)(H,39,45)(H,40,46). The normalized spacial score (nSPS) is 12.1. The molecular formula is C35H50N6O8. The SMILES string of the molecule is CC(C)CC(NC(=O)C(Cc1ccccc1)NC(=O)OC(C)(C)C)C(=O)NCC(=O)NCCNC(=O)CN(C)C(=O)OCc1ccccc1. The second-order valence-electron chi connectivity index (χ2n) is 12.9. The van der Waals surface area contributed by atoms with Gasteiger partial charge in [-0.05, 0) is 44.2 Å². The minimum atomic E-state index is -1.03. The number of nitrogens with one attached hydrogen (secondary N) is 5. The van der Waals surface area contributed by atoms with Gasteiger partial charge in [-0.1, -0.05) is 74.5 Å². The highest BCUT2D eigenvalue weighted by molar-refractivity contribution is 5.93. The molecule has 0 aromatic heterocycles. The second-order valence-corrected chi connectivity index (χ2v) is 12.9. The number of hydrogen-bond donors (Lipinski definition) is 5. The predicted molar refractivity (Wildman–Crippen MR) is 183 cm³/mol. The van der Waals surface area contributed by atoms with Crippen LogP contribution in [0.1, 0.15) is 52.2 Å². The molecular weight excluding hydrogens is 632 g/mol. The number of likely N-dealkylation sites (N-methyl/N-ethyl adjacent to an activating group) is 1. The van der Waals surface area contributed by atoms with E-state index >= 15 is 0 Å². The lowest BCUT2D eigenvalue weighted by Gasteiger charge is -2.26. The third-order valence-corrected chi connectivity index (χ3v) is 6.72. The fourth-order valence-corrected chi connectivity index (χ4v) is 4.41. The van der Waals surface area contributed by atoms with Gasteiger partial charge in [0.25, 0.3) is 0 Å². The van der Waals surface area contributed by atoms with E-state index in [9.17, 15) is 28.8 Å². The molecule has 6 amide bonds. The fraction of sp³-hybridized carbons (Fsp3) is 0.486. The molecule has 0 saturated carbocycles. The number of rotatable bonds is 17. The lowest BCUT2D eigenvalue weighted by Crippen LogP contribution is -2.55. The smallest absolute Gasteiger partial charge is 0.410 e. The Labute approximate surface area is 288 Å². The highest BCUT2D eigenvalue weighted by Gasteiger charge is 2.29. The Bertz CT molecular complexity index is 1380. The molecule has 2 atom stereocenters. The molecule has 0 fully saturated rings. The summed E-state index contributed by atoms with van der Waals surface area (Å²) in [6.45, 7) is 8.55. The van der Waals surface area contributed by atoms with Crippen molar-refractivity contribution in [1.82, 2.24) is 31.5 Å². The van der Waals surface area contributed by atoms with Crippen molar-refractivity contribution in [1.29, 1.82) is 0 Å². The summed E-state index contributed by atoms with van der Waals surface area (Å²) < 4.78 is 10.5. The number of amides is 6. The van der Waals surface area contributed by atoms with E-state index in [0.717, 1.165) is 16.0 Å². The Morgan fingerprint density at radius 2 is 1.31 bits per heavy atom. The van der Waals surface area contributed by atoms with E-state index in [-0.39, 0.29) is 51.5 Å². The third kappa shape index (κ3) is 17.0. The minimum absolute atomic E-state index is 0.0182. The first-order valence-corrected chi connectivity index (χ1v) is 16.2. The van der Waals surface area contributed by atoms with Crippen LogP contribution in [0.5, 0.6) is 0 Å². The Kier molecular flexibility index (Phi) is 16.6. The summed E-state index contributed by atoms with van der Waals surface area (Å²) in [6.07, 6.45) is -0.977. The highest BCUT2D eigenvalue weighted by atomic mass is 16.6. The average molecular weight is 683 g/mol. The van der Waals surface area contributed by atoms with Crippen LogP contribution < -0.4 is 26.6 Å². The van der Waals surface area contributed by atoms with E-state index in [4.69, 9.17) is 9.47 Å². The fourth-order valence-electron chi connectivity index (χ4n) is 4.41. The Hall–Kier alpha value is -5.14. The van der Waals surface area contributed by atoms with E-state index in [1.54, 1.807) is 20.8 Å². The lowest BCUT2D eigenvalue weighted by atomic mass is 10.0. The van der Waals surface area contributed by atoms with Gasteiger partial charge in [-0.25, -0.2) is 9.59 Å². The number of nitrogens with zero attached hydrogens (tertiary/aromatic N) is 1. The van der Waals surface area contributed by atoms with Crippen molar-refractivity contribution in [2.45, 2.75) is 71.8 Å². The maximum Gasteiger partial charge on any atom is 0.410 e. The van der Waals surface area contributed by atoms with Gasteiger partial charge < -0.3 is 41.0 Å². The van der Waals surface area contributed by atoms with Gasteiger partial charge in [0.15, 0.2) is 0 Å². The number of carbonyl (C=O) groups excluding carboxylic acids is 6. The number of hydrogen-bond acceptors (Lipinski definition) is 8. The number of ether oxygens (including phenoxy) is 2. The van der Waals surface area contributed by atoms with Gasteiger partial charge in [0, 0.05) is 26.6 Å². The molecule has 49 heavy (non-hydrogen) atoms.